The van der Waals surface area contributed by atoms with E-state index in [1.165, 1.54) is 12.1 Å². The summed E-state index contributed by atoms with van der Waals surface area (Å²) in [5.74, 6) is -1.20. The molecule has 0 fully saturated rings. The van der Waals surface area contributed by atoms with Gasteiger partial charge >= 0.3 is 0 Å². The Kier molecular flexibility index (Phi) is 6.34. The van der Waals surface area contributed by atoms with Gasteiger partial charge in [-0.1, -0.05) is 17.7 Å². The molecule has 0 spiro atoms. The SMILES string of the molecule is Cc1ccc(Cl)cc1NC(=O)CCNC(=O)c1cc(F)ccc1Br. The van der Waals surface area contributed by atoms with Crippen LogP contribution >= 0.6 is 27.5 Å². The molecule has 2 aromatic carbocycles. The van der Waals surface area contributed by atoms with E-state index in [1.54, 1.807) is 18.2 Å². The van der Waals surface area contributed by atoms with Crippen LogP contribution in [-0.2, 0) is 4.79 Å². The molecule has 0 atom stereocenters. The van der Waals surface area contributed by atoms with Crippen molar-refractivity contribution in [2.75, 3.05) is 11.9 Å². The summed E-state index contributed by atoms with van der Waals surface area (Å²) >= 11 is 9.09. The lowest BCUT2D eigenvalue weighted by Crippen LogP contribution is -2.28. The summed E-state index contributed by atoms with van der Waals surface area (Å²) < 4.78 is 13.7. The van der Waals surface area contributed by atoms with Crippen molar-refractivity contribution in [2.45, 2.75) is 13.3 Å². The highest BCUT2D eigenvalue weighted by atomic mass is 79.9. The third-order valence-electron chi connectivity index (χ3n) is 3.28. The number of amides is 2. The summed E-state index contributed by atoms with van der Waals surface area (Å²) in [6.45, 7) is 1.99. The molecule has 2 amide bonds. The molecular formula is C17H15BrClFN2O2. The predicted octanol–water partition coefficient (Wildman–Crippen LogP) is 4.31. The molecule has 0 aliphatic heterocycles. The summed E-state index contributed by atoms with van der Waals surface area (Å²) in [7, 11) is 0. The highest BCUT2D eigenvalue weighted by Crippen LogP contribution is 2.20. The second-order valence-electron chi connectivity index (χ2n) is 5.14. The van der Waals surface area contributed by atoms with Crippen LogP contribution in [0.3, 0.4) is 0 Å². The molecule has 126 valence electrons. The second kappa shape index (κ2) is 8.26. The number of hydrogen-bond donors (Lipinski definition) is 2. The number of halogens is 3. The summed E-state index contributed by atoms with van der Waals surface area (Å²) in [6.07, 6.45) is 0.0879. The van der Waals surface area contributed by atoms with E-state index in [-0.39, 0.29) is 24.4 Å². The number of aryl methyl sites for hydroxylation is 1. The van der Waals surface area contributed by atoms with Crippen molar-refractivity contribution in [3.8, 4) is 0 Å². The monoisotopic (exact) mass is 412 g/mol. The molecule has 2 rings (SSSR count). The van der Waals surface area contributed by atoms with Crippen molar-refractivity contribution in [3.05, 3.63) is 62.8 Å². The first-order valence-electron chi connectivity index (χ1n) is 7.16. The molecule has 0 bridgehead atoms. The zero-order valence-electron chi connectivity index (χ0n) is 12.8. The number of anilines is 1. The largest absolute Gasteiger partial charge is 0.351 e. The van der Waals surface area contributed by atoms with Crippen LogP contribution in [-0.4, -0.2) is 18.4 Å². The molecule has 0 aromatic heterocycles. The van der Waals surface area contributed by atoms with Gasteiger partial charge in [-0.2, -0.15) is 0 Å². The Morgan fingerprint density at radius 3 is 2.71 bits per heavy atom. The minimum Gasteiger partial charge on any atom is -0.351 e. The molecule has 0 heterocycles. The van der Waals surface area contributed by atoms with Crippen molar-refractivity contribution < 1.29 is 14.0 Å². The van der Waals surface area contributed by atoms with Gasteiger partial charge in [-0.3, -0.25) is 9.59 Å². The lowest BCUT2D eigenvalue weighted by molar-refractivity contribution is -0.116. The standard InChI is InChI=1S/C17H15BrClFN2O2/c1-10-2-3-11(19)8-15(10)22-16(23)6-7-21-17(24)13-9-12(20)4-5-14(13)18/h2-5,8-9H,6-7H2,1H3,(H,21,24)(H,22,23). The van der Waals surface area contributed by atoms with Crippen LogP contribution in [0.4, 0.5) is 10.1 Å². The van der Waals surface area contributed by atoms with Crippen molar-refractivity contribution in [2.24, 2.45) is 0 Å². The van der Waals surface area contributed by atoms with Gasteiger partial charge in [0.05, 0.1) is 5.56 Å². The summed E-state index contributed by atoms with van der Waals surface area (Å²) in [4.78, 5) is 23.9. The molecule has 0 aliphatic rings. The lowest BCUT2D eigenvalue weighted by Gasteiger charge is -2.10. The summed E-state index contributed by atoms with van der Waals surface area (Å²) in [5.41, 5.74) is 1.70. The predicted molar refractivity (Wildman–Crippen MR) is 95.9 cm³/mol. The van der Waals surface area contributed by atoms with Gasteiger partial charge in [0.25, 0.3) is 5.91 Å². The van der Waals surface area contributed by atoms with Crippen LogP contribution in [0.25, 0.3) is 0 Å². The third-order valence-corrected chi connectivity index (χ3v) is 4.21. The van der Waals surface area contributed by atoms with Gasteiger partial charge in [-0.15, -0.1) is 0 Å². The van der Waals surface area contributed by atoms with Gasteiger partial charge in [0, 0.05) is 28.1 Å². The Balaban J connectivity index is 1.87. The number of carbonyl (C=O) groups excluding carboxylic acids is 2. The zero-order chi connectivity index (χ0) is 17.7. The number of rotatable bonds is 5. The van der Waals surface area contributed by atoms with E-state index in [1.807, 2.05) is 6.92 Å². The van der Waals surface area contributed by atoms with Crippen LogP contribution in [0.2, 0.25) is 5.02 Å². The average Bonchev–Trinajstić information content (AvgIpc) is 2.53. The maximum atomic E-state index is 13.2. The van der Waals surface area contributed by atoms with Gasteiger partial charge < -0.3 is 10.6 Å². The maximum Gasteiger partial charge on any atom is 0.252 e. The molecule has 24 heavy (non-hydrogen) atoms. The molecule has 0 saturated carbocycles. The molecule has 0 unspecified atom stereocenters. The Hall–Kier alpha value is -1.92. The van der Waals surface area contributed by atoms with E-state index in [0.29, 0.717) is 15.2 Å². The van der Waals surface area contributed by atoms with Crippen molar-refractivity contribution in [1.82, 2.24) is 5.32 Å². The van der Waals surface area contributed by atoms with Gasteiger partial charge in [0.15, 0.2) is 0 Å². The molecule has 2 aromatic rings. The van der Waals surface area contributed by atoms with Crippen LogP contribution < -0.4 is 10.6 Å². The van der Waals surface area contributed by atoms with Crippen molar-refractivity contribution >= 4 is 45.0 Å². The molecule has 4 nitrogen and oxygen atoms in total. The van der Waals surface area contributed by atoms with Crippen molar-refractivity contribution in [1.29, 1.82) is 0 Å². The first-order chi connectivity index (χ1) is 11.4. The van der Waals surface area contributed by atoms with E-state index in [4.69, 9.17) is 11.6 Å². The smallest absolute Gasteiger partial charge is 0.252 e. The zero-order valence-corrected chi connectivity index (χ0v) is 15.2. The Bertz CT molecular complexity index is 783. The van der Waals surface area contributed by atoms with Gasteiger partial charge in [-0.05, 0) is 58.7 Å². The molecule has 0 aliphatic carbocycles. The van der Waals surface area contributed by atoms with Gasteiger partial charge in [0.1, 0.15) is 5.82 Å². The summed E-state index contributed by atoms with van der Waals surface area (Å²) in [6, 6.07) is 9.05. The number of carbonyl (C=O) groups is 2. The lowest BCUT2D eigenvalue weighted by atomic mass is 10.2. The van der Waals surface area contributed by atoms with E-state index in [9.17, 15) is 14.0 Å². The maximum absolute atomic E-state index is 13.2. The highest BCUT2D eigenvalue weighted by molar-refractivity contribution is 9.10. The quantitative estimate of drug-likeness (QED) is 0.767. The second-order valence-corrected chi connectivity index (χ2v) is 6.43. The number of nitrogens with one attached hydrogen (secondary N) is 2. The van der Waals surface area contributed by atoms with E-state index in [0.717, 1.165) is 11.6 Å². The Labute approximate surface area is 152 Å². The molecular weight excluding hydrogens is 399 g/mol. The minimum atomic E-state index is -0.502. The van der Waals surface area contributed by atoms with E-state index < -0.39 is 11.7 Å². The fourth-order valence-electron chi connectivity index (χ4n) is 2.00. The number of benzene rings is 2. The van der Waals surface area contributed by atoms with Crippen molar-refractivity contribution in [3.63, 3.8) is 0 Å². The molecule has 7 heteroatoms. The van der Waals surface area contributed by atoms with Crippen LogP contribution in [0.5, 0.6) is 0 Å². The third kappa shape index (κ3) is 5.04. The number of hydrogen-bond acceptors (Lipinski definition) is 2. The molecule has 0 saturated heterocycles. The molecule has 0 radical (unpaired) electrons. The van der Waals surface area contributed by atoms with Crippen LogP contribution in [0, 0.1) is 12.7 Å². The first kappa shape index (κ1) is 18.4. The fraction of sp³-hybridized carbons (Fsp3) is 0.176. The van der Waals surface area contributed by atoms with Gasteiger partial charge in [-0.25, -0.2) is 4.39 Å². The minimum absolute atomic E-state index is 0.0879. The highest BCUT2D eigenvalue weighted by Gasteiger charge is 2.12. The normalized spacial score (nSPS) is 10.3. The topological polar surface area (TPSA) is 58.2 Å². The summed E-state index contributed by atoms with van der Waals surface area (Å²) in [5, 5.41) is 5.86. The Morgan fingerprint density at radius 1 is 1.21 bits per heavy atom. The van der Waals surface area contributed by atoms with E-state index in [2.05, 4.69) is 26.6 Å². The van der Waals surface area contributed by atoms with Crippen LogP contribution in [0.15, 0.2) is 40.9 Å². The molecule has 2 N–H and O–H groups in total. The average molecular weight is 414 g/mol. The van der Waals surface area contributed by atoms with Gasteiger partial charge in [0.2, 0.25) is 5.91 Å². The van der Waals surface area contributed by atoms with Crippen LogP contribution in [0.1, 0.15) is 22.3 Å². The van der Waals surface area contributed by atoms with E-state index >= 15 is 0 Å². The Morgan fingerprint density at radius 2 is 1.96 bits per heavy atom. The fourth-order valence-corrected chi connectivity index (χ4v) is 2.60. The first-order valence-corrected chi connectivity index (χ1v) is 8.33.